The van der Waals surface area contributed by atoms with Crippen molar-refractivity contribution in [2.45, 2.75) is 25.8 Å². The molecule has 3 heteroatoms. The molecule has 0 aliphatic carbocycles. The van der Waals surface area contributed by atoms with Gasteiger partial charge < -0.3 is 15.2 Å². The van der Waals surface area contributed by atoms with Gasteiger partial charge in [0.1, 0.15) is 11.5 Å². The van der Waals surface area contributed by atoms with Crippen LogP contribution in [0.1, 0.15) is 30.5 Å². The molecule has 0 unspecified atom stereocenters. The SMILES string of the molecule is COc1ccc([C@@H](C)N)c(OCCCc2ccccc2)c1. The average Bonchev–Trinajstić information content (AvgIpc) is 2.52. The second-order valence-corrected chi connectivity index (χ2v) is 5.13. The number of ether oxygens (including phenoxy) is 2. The first kappa shape index (κ1) is 15.4. The van der Waals surface area contributed by atoms with Gasteiger partial charge in [0.15, 0.2) is 0 Å². The Labute approximate surface area is 126 Å². The molecule has 0 bridgehead atoms. The van der Waals surface area contributed by atoms with Crippen molar-refractivity contribution < 1.29 is 9.47 Å². The summed E-state index contributed by atoms with van der Waals surface area (Å²) in [5.74, 6) is 1.61. The first-order valence-electron chi connectivity index (χ1n) is 7.31. The Morgan fingerprint density at radius 1 is 1.10 bits per heavy atom. The van der Waals surface area contributed by atoms with Crippen LogP contribution in [0.15, 0.2) is 48.5 Å². The molecule has 0 spiro atoms. The van der Waals surface area contributed by atoms with Crippen molar-refractivity contribution in [2.75, 3.05) is 13.7 Å². The lowest BCUT2D eigenvalue weighted by molar-refractivity contribution is 0.304. The van der Waals surface area contributed by atoms with Gasteiger partial charge in [-0.15, -0.1) is 0 Å². The van der Waals surface area contributed by atoms with E-state index in [0.717, 1.165) is 29.9 Å². The molecule has 0 aliphatic heterocycles. The smallest absolute Gasteiger partial charge is 0.127 e. The van der Waals surface area contributed by atoms with Gasteiger partial charge in [-0.25, -0.2) is 0 Å². The summed E-state index contributed by atoms with van der Waals surface area (Å²) in [5, 5.41) is 0. The van der Waals surface area contributed by atoms with Crippen LogP contribution in [0.4, 0.5) is 0 Å². The molecule has 0 heterocycles. The molecule has 2 rings (SSSR count). The van der Waals surface area contributed by atoms with E-state index in [1.54, 1.807) is 7.11 Å². The van der Waals surface area contributed by atoms with E-state index in [4.69, 9.17) is 15.2 Å². The summed E-state index contributed by atoms with van der Waals surface area (Å²) in [6.07, 6.45) is 1.98. The lowest BCUT2D eigenvalue weighted by Gasteiger charge is -2.15. The Morgan fingerprint density at radius 3 is 2.52 bits per heavy atom. The highest BCUT2D eigenvalue weighted by atomic mass is 16.5. The van der Waals surface area contributed by atoms with Gasteiger partial charge in [-0.05, 0) is 31.4 Å². The molecule has 3 nitrogen and oxygen atoms in total. The Hall–Kier alpha value is -2.00. The third-order valence-corrected chi connectivity index (χ3v) is 3.42. The van der Waals surface area contributed by atoms with Crippen LogP contribution in [-0.4, -0.2) is 13.7 Å². The fourth-order valence-electron chi connectivity index (χ4n) is 2.25. The average molecular weight is 285 g/mol. The van der Waals surface area contributed by atoms with Crippen molar-refractivity contribution in [1.82, 2.24) is 0 Å². The monoisotopic (exact) mass is 285 g/mol. The number of nitrogens with two attached hydrogens (primary N) is 1. The molecule has 0 radical (unpaired) electrons. The van der Waals surface area contributed by atoms with Crippen LogP contribution in [0, 0.1) is 0 Å². The van der Waals surface area contributed by atoms with Gasteiger partial charge in [-0.2, -0.15) is 0 Å². The molecular weight excluding hydrogens is 262 g/mol. The third kappa shape index (κ3) is 4.50. The Balaban J connectivity index is 1.92. The zero-order valence-electron chi connectivity index (χ0n) is 12.7. The fourth-order valence-corrected chi connectivity index (χ4v) is 2.25. The van der Waals surface area contributed by atoms with E-state index >= 15 is 0 Å². The second kappa shape index (κ2) is 7.70. The quantitative estimate of drug-likeness (QED) is 0.788. The molecule has 1 atom stereocenters. The number of hydrogen-bond acceptors (Lipinski definition) is 3. The number of benzene rings is 2. The van der Waals surface area contributed by atoms with Crippen LogP contribution in [-0.2, 0) is 6.42 Å². The molecule has 21 heavy (non-hydrogen) atoms. The zero-order chi connectivity index (χ0) is 15.1. The molecule has 0 saturated heterocycles. The van der Waals surface area contributed by atoms with Gasteiger partial charge in [0.05, 0.1) is 13.7 Å². The Morgan fingerprint density at radius 2 is 1.86 bits per heavy atom. The predicted octanol–water partition coefficient (Wildman–Crippen LogP) is 3.73. The van der Waals surface area contributed by atoms with Crippen molar-refractivity contribution in [3.05, 3.63) is 59.7 Å². The molecular formula is C18H23NO2. The first-order chi connectivity index (χ1) is 10.2. The summed E-state index contributed by atoms with van der Waals surface area (Å²) >= 11 is 0. The maximum atomic E-state index is 5.98. The molecule has 0 amide bonds. The maximum Gasteiger partial charge on any atom is 0.127 e. The van der Waals surface area contributed by atoms with E-state index in [1.807, 2.05) is 31.2 Å². The molecule has 112 valence electrons. The summed E-state index contributed by atoms with van der Waals surface area (Å²) in [7, 11) is 1.65. The standard InChI is InChI=1S/C18H23NO2/c1-14(19)17-11-10-16(20-2)13-18(17)21-12-6-9-15-7-4-3-5-8-15/h3-5,7-8,10-11,13-14H,6,9,12,19H2,1-2H3/t14-/m1/s1. The highest BCUT2D eigenvalue weighted by molar-refractivity contribution is 5.42. The van der Waals surface area contributed by atoms with Crippen LogP contribution in [0.5, 0.6) is 11.5 Å². The Bertz CT molecular complexity index is 552. The summed E-state index contributed by atoms with van der Waals surface area (Å²) in [4.78, 5) is 0. The predicted molar refractivity (Wildman–Crippen MR) is 85.9 cm³/mol. The number of methoxy groups -OCH3 is 1. The van der Waals surface area contributed by atoms with Crippen LogP contribution >= 0.6 is 0 Å². The molecule has 0 fully saturated rings. The lowest BCUT2D eigenvalue weighted by Crippen LogP contribution is -2.09. The molecule has 2 aromatic rings. The van der Waals surface area contributed by atoms with Gasteiger partial charge in [-0.1, -0.05) is 36.4 Å². The minimum absolute atomic E-state index is 0.0555. The number of rotatable bonds is 7. The lowest BCUT2D eigenvalue weighted by atomic mass is 10.1. The van der Waals surface area contributed by atoms with Crippen LogP contribution in [0.3, 0.4) is 0 Å². The number of hydrogen-bond donors (Lipinski definition) is 1. The Kier molecular flexibility index (Phi) is 5.64. The highest BCUT2D eigenvalue weighted by Crippen LogP contribution is 2.28. The van der Waals surface area contributed by atoms with Gasteiger partial charge >= 0.3 is 0 Å². The van der Waals surface area contributed by atoms with E-state index in [0.29, 0.717) is 6.61 Å². The third-order valence-electron chi connectivity index (χ3n) is 3.42. The molecule has 0 aliphatic rings. The summed E-state index contributed by atoms with van der Waals surface area (Å²) in [6.45, 7) is 2.63. The zero-order valence-corrected chi connectivity index (χ0v) is 12.7. The largest absolute Gasteiger partial charge is 0.497 e. The number of aryl methyl sites for hydroxylation is 1. The second-order valence-electron chi connectivity index (χ2n) is 5.13. The minimum atomic E-state index is -0.0555. The van der Waals surface area contributed by atoms with E-state index < -0.39 is 0 Å². The van der Waals surface area contributed by atoms with Crippen molar-refractivity contribution in [3.63, 3.8) is 0 Å². The van der Waals surface area contributed by atoms with Gasteiger partial charge in [0.2, 0.25) is 0 Å². The summed E-state index contributed by atoms with van der Waals surface area (Å²) < 4.78 is 11.1. The van der Waals surface area contributed by atoms with Crippen molar-refractivity contribution >= 4 is 0 Å². The van der Waals surface area contributed by atoms with Crippen LogP contribution < -0.4 is 15.2 Å². The van der Waals surface area contributed by atoms with E-state index in [1.165, 1.54) is 5.56 Å². The van der Waals surface area contributed by atoms with Gasteiger partial charge in [0, 0.05) is 17.7 Å². The van der Waals surface area contributed by atoms with E-state index in [-0.39, 0.29) is 6.04 Å². The van der Waals surface area contributed by atoms with Crippen LogP contribution in [0.2, 0.25) is 0 Å². The highest BCUT2D eigenvalue weighted by Gasteiger charge is 2.09. The van der Waals surface area contributed by atoms with Gasteiger partial charge in [-0.3, -0.25) is 0 Å². The molecule has 0 aromatic heterocycles. The molecule has 0 saturated carbocycles. The summed E-state index contributed by atoms with van der Waals surface area (Å²) in [5.41, 5.74) is 8.32. The van der Waals surface area contributed by atoms with E-state index in [9.17, 15) is 0 Å². The molecule has 2 N–H and O–H groups in total. The normalized spacial score (nSPS) is 12.0. The topological polar surface area (TPSA) is 44.5 Å². The van der Waals surface area contributed by atoms with E-state index in [2.05, 4.69) is 24.3 Å². The minimum Gasteiger partial charge on any atom is -0.497 e. The van der Waals surface area contributed by atoms with Crippen molar-refractivity contribution in [2.24, 2.45) is 5.73 Å². The maximum absolute atomic E-state index is 5.98. The first-order valence-corrected chi connectivity index (χ1v) is 7.31. The van der Waals surface area contributed by atoms with Crippen molar-refractivity contribution in [3.8, 4) is 11.5 Å². The summed E-state index contributed by atoms with van der Waals surface area (Å²) in [6, 6.07) is 16.2. The van der Waals surface area contributed by atoms with Crippen LogP contribution in [0.25, 0.3) is 0 Å². The fraction of sp³-hybridized carbons (Fsp3) is 0.333. The van der Waals surface area contributed by atoms with Crippen molar-refractivity contribution in [1.29, 1.82) is 0 Å². The molecule has 2 aromatic carbocycles. The van der Waals surface area contributed by atoms with Gasteiger partial charge in [0.25, 0.3) is 0 Å².